The Bertz CT molecular complexity index is 3250. The van der Waals surface area contributed by atoms with Crippen molar-refractivity contribution in [1.82, 2.24) is 21.3 Å². The molecular formula is C63H92N4O33S3. The van der Waals surface area contributed by atoms with Crippen LogP contribution in [0.1, 0.15) is 157 Å². The molecule has 103 heavy (non-hydrogen) atoms. The minimum atomic E-state index is -1.86. The van der Waals surface area contributed by atoms with Crippen LogP contribution in [0.15, 0.2) is 0 Å². The van der Waals surface area contributed by atoms with E-state index in [-0.39, 0.29) is 81.7 Å². The maximum atomic E-state index is 14.2. The topological polar surface area (TPSA) is 497 Å². The number of thioether (sulfide) groups is 3. The Morgan fingerprint density at radius 3 is 0.913 bits per heavy atom. The monoisotopic (exact) mass is 1540 g/mol. The van der Waals surface area contributed by atoms with Gasteiger partial charge >= 0.3 is 77.6 Å². The predicted octanol–water partition coefficient (Wildman–Crippen LogP) is 0.233. The van der Waals surface area contributed by atoms with E-state index in [9.17, 15) is 86.6 Å². The van der Waals surface area contributed by atoms with Crippen molar-refractivity contribution in [3.05, 3.63) is 0 Å². The van der Waals surface area contributed by atoms with Gasteiger partial charge in [0, 0.05) is 149 Å². The van der Waals surface area contributed by atoms with E-state index in [1.807, 2.05) is 0 Å². The highest BCUT2D eigenvalue weighted by Gasteiger charge is 2.55. The van der Waals surface area contributed by atoms with Gasteiger partial charge in [-0.1, -0.05) is 0 Å². The van der Waals surface area contributed by atoms with Crippen LogP contribution in [-0.2, 0) is 153 Å². The highest BCUT2D eigenvalue weighted by molar-refractivity contribution is 8.00. The summed E-state index contributed by atoms with van der Waals surface area (Å²) in [6.07, 6.45) is -22.0. The molecule has 3 rings (SSSR count). The molecule has 0 bridgehead atoms. The Morgan fingerprint density at radius 2 is 0.621 bits per heavy atom. The van der Waals surface area contributed by atoms with Gasteiger partial charge in [-0.05, 0) is 38.5 Å². The van der Waals surface area contributed by atoms with E-state index < -0.39 is 312 Å². The molecule has 0 saturated carbocycles. The first-order valence-corrected chi connectivity index (χ1v) is 34.0. The molecule has 580 valence electrons. The fraction of sp³-hybridized carbons (Fsp3) is 0.730. The molecule has 0 aromatic heterocycles. The molecule has 0 spiro atoms. The number of nitrogens with one attached hydrogen (secondary N) is 4. The fourth-order valence-electron chi connectivity index (χ4n) is 9.98. The first-order valence-electron chi connectivity index (χ1n) is 39.3. The van der Waals surface area contributed by atoms with Crippen molar-refractivity contribution in [2.75, 3.05) is 50.2 Å². The summed E-state index contributed by atoms with van der Waals surface area (Å²) < 4.78 is 171. The number of rotatable bonds is 41. The third kappa shape index (κ3) is 33.9. The van der Waals surface area contributed by atoms with E-state index in [1.54, 1.807) is 0 Å². The summed E-state index contributed by atoms with van der Waals surface area (Å²) in [4.78, 5) is 217. The van der Waals surface area contributed by atoms with E-state index in [0.717, 1.165) is 23.5 Å². The Hall–Kier alpha value is -8.08. The van der Waals surface area contributed by atoms with Gasteiger partial charge in [0.2, 0.25) is 23.6 Å². The molecule has 3 aliphatic rings. The minimum Gasteiger partial charge on any atom is -0.480 e. The number of esters is 12. The van der Waals surface area contributed by atoms with Crippen LogP contribution < -0.4 is 21.3 Å². The van der Waals surface area contributed by atoms with Gasteiger partial charge < -0.3 is 97.4 Å². The molecule has 17 atom stereocenters. The quantitative estimate of drug-likeness (QED) is 0.0311. The lowest BCUT2D eigenvalue weighted by Crippen LogP contribution is -2.61. The summed E-state index contributed by atoms with van der Waals surface area (Å²) >= 11 is 2.28. The van der Waals surface area contributed by atoms with Crippen LogP contribution >= 0.6 is 35.3 Å². The van der Waals surface area contributed by atoms with Gasteiger partial charge in [0.15, 0.2) is 54.9 Å². The first kappa shape index (κ1) is 70.6. The maximum absolute atomic E-state index is 14.2. The molecule has 3 unspecified atom stereocenters. The lowest BCUT2D eigenvalue weighted by Gasteiger charge is -2.44. The number of carbonyl (C=O) groups is 17. The van der Waals surface area contributed by atoms with Gasteiger partial charge in [-0.3, -0.25) is 76.7 Å². The maximum Gasteiger partial charge on any atom is 0.326 e. The van der Waals surface area contributed by atoms with Crippen LogP contribution in [0.5, 0.6) is 0 Å². The van der Waals surface area contributed by atoms with Gasteiger partial charge in [0.25, 0.3) is 0 Å². The second-order valence-electron chi connectivity index (χ2n) is 21.8. The molecule has 3 fully saturated rings. The van der Waals surface area contributed by atoms with Crippen LogP contribution in [0, 0.1) is 0 Å². The van der Waals surface area contributed by atoms with Gasteiger partial charge in [-0.2, -0.15) is 0 Å². The summed E-state index contributed by atoms with van der Waals surface area (Å²) in [7, 11) is 0. The molecule has 0 aromatic carbocycles. The second-order valence-corrected chi connectivity index (χ2v) is 25.5. The molecule has 0 aromatic rings. The summed E-state index contributed by atoms with van der Waals surface area (Å²) in [6, 6.07) is -3.19. The third-order valence-corrected chi connectivity index (χ3v) is 17.4. The van der Waals surface area contributed by atoms with Crippen molar-refractivity contribution >= 4 is 137 Å². The molecule has 3 saturated heterocycles. The van der Waals surface area contributed by atoms with E-state index in [0.29, 0.717) is 11.8 Å². The normalized spacial score (nSPS) is 26.2. The fourth-order valence-corrected chi connectivity index (χ4v) is 13.5. The van der Waals surface area contributed by atoms with Gasteiger partial charge in [-0.25, -0.2) is 4.79 Å². The number of hydrogen-bond donors (Lipinski definition) is 5. The Balaban J connectivity index is 1.85. The summed E-state index contributed by atoms with van der Waals surface area (Å²) in [5.41, 5.74) is -4.37. The molecule has 0 aliphatic carbocycles. The first-order chi connectivity index (χ1) is 54.9. The molecule has 3 heterocycles. The van der Waals surface area contributed by atoms with Crippen LogP contribution in [0.25, 0.3) is 0 Å². The van der Waals surface area contributed by atoms with Crippen molar-refractivity contribution in [2.24, 2.45) is 0 Å². The van der Waals surface area contributed by atoms with Gasteiger partial charge in [-0.15, -0.1) is 35.3 Å². The zero-order chi connectivity index (χ0) is 85.7. The lowest BCUT2D eigenvalue weighted by atomic mass is 9.99. The lowest BCUT2D eigenvalue weighted by molar-refractivity contribution is -0.237. The number of hydrogen-bond acceptors (Lipinski definition) is 35. The Labute approximate surface area is 622 Å². The SMILES string of the molecule is [2H]CC(=O)OC[C@H]1OC(SCCC(=O)NCCCC[C@H](NC(=O)[C@H](CCCCNC(=O)CCSC2O[C@H](COC(=O)C[2H])[C@@H](OC(=O)C[2H])[C@H](OC(=O)C[2H])[C@@H]2OC(=O)C[2H])NC(=O)CCSC2O[C@H](COC(=O)C[2H])[C@@H](OC(=O)C[2H])[C@H](OC(=O)C[2H])[C@@H]2OC(=O)C[2H])C(=O)O)[C@@H](OC(=O)C[2H])[C@@H](OC(=O)C[2H])[C@@H]1OC(=O)C[2H]. The third-order valence-electron chi connectivity index (χ3n) is 14.0. The predicted molar refractivity (Wildman–Crippen MR) is 352 cm³/mol. The zero-order valence-electron chi connectivity index (χ0n) is 67.6. The number of aliphatic carboxylic acids is 1. The molecular weight excluding hydrogens is 1440 g/mol. The summed E-state index contributed by atoms with van der Waals surface area (Å²) in [5.74, 6) is -19.5. The summed E-state index contributed by atoms with van der Waals surface area (Å²) in [5, 5.41) is 20.5. The van der Waals surface area contributed by atoms with Crippen molar-refractivity contribution in [1.29, 1.82) is 0 Å². The number of carbonyl (C=O) groups excluding carboxylic acids is 16. The van der Waals surface area contributed by atoms with Crippen LogP contribution in [0.3, 0.4) is 0 Å². The molecule has 4 amide bonds. The molecule has 3 aliphatic heterocycles. The Kier molecular flexibility index (Phi) is 31.4. The Morgan fingerprint density at radius 1 is 0.350 bits per heavy atom. The molecule has 5 N–H and O–H groups in total. The highest BCUT2D eigenvalue weighted by atomic mass is 32.2. The zero-order valence-corrected chi connectivity index (χ0v) is 58.0. The van der Waals surface area contributed by atoms with Crippen molar-refractivity contribution in [3.8, 4) is 0 Å². The average molecular weight is 1540 g/mol. The molecule has 37 nitrogen and oxygen atoms in total. The number of ether oxygens (including phenoxy) is 15. The van der Waals surface area contributed by atoms with Gasteiger partial charge in [0.1, 0.15) is 66.5 Å². The molecule has 40 heteroatoms. The van der Waals surface area contributed by atoms with Crippen LogP contribution in [0.2, 0.25) is 0 Å². The van der Waals surface area contributed by atoms with E-state index >= 15 is 0 Å². The second kappa shape index (κ2) is 45.9. The number of unbranched alkanes of at least 4 members (excludes halogenated alkanes) is 2. The number of carboxylic acids is 1. The number of carboxylic acid groups (broad SMARTS) is 1. The van der Waals surface area contributed by atoms with E-state index in [1.165, 1.54) is 0 Å². The van der Waals surface area contributed by atoms with Crippen LogP contribution in [-0.4, -0.2) is 258 Å². The van der Waals surface area contributed by atoms with Crippen molar-refractivity contribution < 1.29 is 174 Å². The number of amides is 4. The van der Waals surface area contributed by atoms with Crippen molar-refractivity contribution in [3.63, 3.8) is 0 Å². The van der Waals surface area contributed by atoms with E-state index in [4.69, 9.17) is 87.5 Å². The largest absolute Gasteiger partial charge is 0.480 e. The average Bonchev–Trinajstić information content (AvgIpc) is 0.796. The summed E-state index contributed by atoms with van der Waals surface area (Å²) in [6.45, 7) is -13.9. The van der Waals surface area contributed by atoms with E-state index in [2.05, 4.69) is 21.3 Å². The van der Waals surface area contributed by atoms with Gasteiger partial charge in [0.05, 0.1) is 0 Å². The standard InChI is InChI=1S/C63H92N4O33S3/c1-30(68)86-27-44-50(89-33(4)71)53(92-36(7)74)56(95-39(10)77)61(98-44)101-24-19-47(80)64-22-15-13-17-42(66-49(82)21-26-103-63-58(97-41(12)79)55(94-38(9)76)52(91-35(6)73)46(100-63)29-88-32(3)70)59(83)67-43(60(84)85)18-14-16-23-65-48(81)20-25-102-62-57(96-40(11)78)54(93-37(8)75)51(90-34(5)72)45(99-62)28-87-31(2)69/h42-46,50-58,61-63H,13-29H2,1-12H3,(H,64,80)(H,65,81)(H,66,82)(H,67,83)(H,84,85)/t42-,43-,44+,45+,46+,50+,51+,52+,53-,54-,55-,56-,57-,58-,61?,62?,63?/m0/s1/i1D,2D,3D,4D,5D,6D,7D,8D,9D,10D,11D,12D. The smallest absolute Gasteiger partial charge is 0.326 e. The minimum absolute atomic E-state index is 0.00934. The van der Waals surface area contributed by atoms with Crippen LogP contribution in [0.4, 0.5) is 0 Å². The molecule has 0 radical (unpaired) electrons. The highest BCUT2D eigenvalue weighted by Crippen LogP contribution is 2.38. The van der Waals surface area contributed by atoms with Crippen molar-refractivity contribution in [2.45, 2.75) is 242 Å².